The molecule has 1 heterocycles. The maximum atomic E-state index is 12.6. The summed E-state index contributed by atoms with van der Waals surface area (Å²) in [7, 11) is 0. The van der Waals surface area contributed by atoms with Gasteiger partial charge in [0.2, 0.25) is 5.91 Å². The van der Waals surface area contributed by atoms with E-state index in [4.69, 9.17) is 4.74 Å². The molecule has 0 bridgehead atoms. The van der Waals surface area contributed by atoms with Crippen LogP contribution in [0.1, 0.15) is 25.3 Å². The third kappa shape index (κ3) is 4.29. The monoisotopic (exact) mass is 352 g/mol. The van der Waals surface area contributed by atoms with E-state index in [0.29, 0.717) is 18.8 Å². The SMILES string of the molecule is CCOc1ccc(N2C(=O)CC(NCCCc3ccccc3)C2=O)cc1. The van der Waals surface area contributed by atoms with E-state index in [2.05, 4.69) is 17.4 Å². The molecule has 0 spiro atoms. The van der Waals surface area contributed by atoms with E-state index in [1.165, 1.54) is 10.5 Å². The molecule has 2 aromatic rings. The number of anilines is 1. The van der Waals surface area contributed by atoms with Crippen LogP contribution in [0.5, 0.6) is 5.75 Å². The van der Waals surface area contributed by atoms with Crippen molar-refractivity contribution in [3.05, 3.63) is 60.2 Å². The number of rotatable bonds is 8. The summed E-state index contributed by atoms with van der Waals surface area (Å²) >= 11 is 0. The molecule has 2 amide bonds. The number of nitrogens with zero attached hydrogens (tertiary/aromatic N) is 1. The first kappa shape index (κ1) is 18.1. The third-order valence-corrected chi connectivity index (χ3v) is 4.43. The highest BCUT2D eigenvalue weighted by molar-refractivity contribution is 6.22. The highest BCUT2D eigenvalue weighted by Gasteiger charge is 2.39. The predicted octanol–water partition coefficient (Wildman–Crippen LogP) is 2.94. The fourth-order valence-electron chi connectivity index (χ4n) is 3.13. The molecule has 3 rings (SSSR count). The highest BCUT2D eigenvalue weighted by atomic mass is 16.5. The van der Waals surface area contributed by atoms with Crippen LogP contribution in [0.2, 0.25) is 0 Å². The quantitative estimate of drug-likeness (QED) is 0.586. The standard InChI is InChI=1S/C21H24N2O3/c1-2-26-18-12-10-17(11-13-18)23-20(24)15-19(21(23)25)22-14-6-9-16-7-4-3-5-8-16/h3-5,7-8,10-13,19,22H,2,6,9,14-15H2,1H3. The van der Waals surface area contributed by atoms with Crippen molar-refractivity contribution in [2.75, 3.05) is 18.1 Å². The van der Waals surface area contributed by atoms with Gasteiger partial charge in [0.25, 0.3) is 5.91 Å². The Morgan fingerprint density at radius 1 is 1.08 bits per heavy atom. The minimum absolute atomic E-state index is 0.167. The lowest BCUT2D eigenvalue weighted by Gasteiger charge is -2.16. The highest BCUT2D eigenvalue weighted by Crippen LogP contribution is 2.25. The number of carbonyl (C=O) groups is 2. The van der Waals surface area contributed by atoms with Gasteiger partial charge in [-0.3, -0.25) is 9.59 Å². The zero-order valence-corrected chi connectivity index (χ0v) is 15.0. The molecule has 1 saturated heterocycles. The van der Waals surface area contributed by atoms with E-state index < -0.39 is 6.04 Å². The summed E-state index contributed by atoms with van der Waals surface area (Å²) in [6, 6.07) is 16.9. The maximum absolute atomic E-state index is 12.6. The van der Waals surface area contributed by atoms with Crippen molar-refractivity contribution in [1.82, 2.24) is 5.32 Å². The van der Waals surface area contributed by atoms with Crippen molar-refractivity contribution in [2.24, 2.45) is 0 Å². The Morgan fingerprint density at radius 3 is 2.50 bits per heavy atom. The first-order valence-corrected chi connectivity index (χ1v) is 9.06. The van der Waals surface area contributed by atoms with Crippen molar-refractivity contribution in [3.8, 4) is 5.75 Å². The second kappa shape index (κ2) is 8.63. The van der Waals surface area contributed by atoms with Gasteiger partial charge in [-0.2, -0.15) is 0 Å². The van der Waals surface area contributed by atoms with Gasteiger partial charge in [-0.1, -0.05) is 30.3 Å². The number of hydrogen-bond donors (Lipinski definition) is 1. The smallest absolute Gasteiger partial charge is 0.251 e. The van der Waals surface area contributed by atoms with E-state index in [9.17, 15) is 9.59 Å². The normalized spacial score (nSPS) is 17.0. The average molecular weight is 352 g/mol. The van der Waals surface area contributed by atoms with Crippen LogP contribution in [0, 0.1) is 0 Å². The largest absolute Gasteiger partial charge is 0.494 e. The van der Waals surface area contributed by atoms with Crippen LogP contribution in [0.25, 0.3) is 0 Å². The van der Waals surface area contributed by atoms with Gasteiger partial charge < -0.3 is 10.1 Å². The first-order chi connectivity index (χ1) is 12.7. The molecule has 1 fully saturated rings. The fraction of sp³-hybridized carbons (Fsp3) is 0.333. The molecule has 0 aromatic heterocycles. The first-order valence-electron chi connectivity index (χ1n) is 9.06. The number of hydrogen-bond acceptors (Lipinski definition) is 4. The summed E-state index contributed by atoms with van der Waals surface area (Å²) in [6.07, 6.45) is 2.08. The molecule has 5 nitrogen and oxygen atoms in total. The Labute approximate surface area is 154 Å². The lowest BCUT2D eigenvalue weighted by molar-refractivity contribution is -0.121. The maximum Gasteiger partial charge on any atom is 0.251 e. The molecule has 0 saturated carbocycles. The molecular formula is C21H24N2O3. The number of imide groups is 1. The second-order valence-electron chi connectivity index (χ2n) is 6.29. The lowest BCUT2D eigenvalue weighted by atomic mass is 10.1. The molecular weight excluding hydrogens is 328 g/mol. The second-order valence-corrected chi connectivity index (χ2v) is 6.29. The molecule has 5 heteroatoms. The van der Waals surface area contributed by atoms with Gasteiger partial charge in [-0.05, 0) is 56.1 Å². The third-order valence-electron chi connectivity index (χ3n) is 4.43. The topological polar surface area (TPSA) is 58.6 Å². The number of aryl methyl sites for hydroxylation is 1. The lowest BCUT2D eigenvalue weighted by Crippen LogP contribution is -2.39. The molecule has 136 valence electrons. The predicted molar refractivity (Wildman–Crippen MR) is 101 cm³/mol. The van der Waals surface area contributed by atoms with Crippen LogP contribution in [-0.4, -0.2) is 31.0 Å². The fourth-order valence-corrected chi connectivity index (χ4v) is 3.13. The van der Waals surface area contributed by atoms with E-state index in [1.54, 1.807) is 24.3 Å². The van der Waals surface area contributed by atoms with Crippen molar-refractivity contribution in [3.63, 3.8) is 0 Å². The van der Waals surface area contributed by atoms with Crippen LogP contribution in [0.3, 0.4) is 0 Å². The molecule has 1 atom stereocenters. The molecule has 0 aliphatic carbocycles. The van der Waals surface area contributed by atoms with E-state index >= 15 is 0 Å². The van der Waals surface area contributed by atoms with Gasteiger partial charge in [0, 0.05) is 0 Å². The summed E-state index contributed by atoms with van der Waals surface area (Å²) < 4.78 is 5.40. The number of nitrogens with one attached hydrogen (secondary N) is 1. The van der Waals surface area contributed by atoms with Gasteiger partial charge in [-0.15, -0.1) is 0 Å². The zero-order chi connectivity index (χ0) is 18.4. The van der Waals surface area contributed by atoms with E-state index in [0.717, 1.165) is 18.6 Å². The van der Waals surface area contributed by atoms with Gasteiger partial charge >= 0.3 is 0 Å². The molecule has 26 heavy (non-hydrogen) atoms. The Morgan fingerprint density at radius 2 is 1.81 bits per heavy atom. The number of carbonyl (C=O) groups excluding carboxylic acids is 2. The summed E-state index contributed by atoms with van der Waals surface area (Å²) in [4.78, 5) is 26.2. The van der Waals surface area contributed by atoms with Crippen molar-refractivity contribution in [2.45, 2.75) is 32.2 Å². The van der Waals surface area contributed by atoms with Gasteiger partial charge in [0.1, 0.15) is 5.75 Å². The van der Waals surface area contributed by atoms with Crippen LogP contribution >= 0.6 is 0 Å². The zero-order valence-electron chi connectivity index (χ0n) is 15.0. The Kier molecular flexibility index (Phi) is 6.02. The molecule has 1 aliphatic rings. The van der Waals surface area contributed by atoms with Crippen molar-refractivity contribution in [1.29, 1.82) is 0 Å². The van der Waals surface area contributed by atoms with Gasteiger partial charge in [-0.25, -0.2) is 4.90 Å². The van der Waals surface area contributed by atoms with Gasteiger partial charge in [0.05, 0.1) is 24.8 Å². The Balaban J connectivity index is 1.53. The summed E-state index contributed by atoms with van der Waals surface area (Å²) in [5, 5.41) is 3.23. The summed E-state index contributed by atoms with van der Waals surface area (Å²) in [5.41, 5.74) is 1.87. The van der Waals surface area contributed by atoms with Crippen LogP contribution < -0.4 is 15.0 Å². The minimum atomic E-state index is -0.440. The minimum Gasteiger partial charge on any atom is -0.494 e. The number of amides is 2. The average Bonchev–Trinajstić information content (AvgIpc) is 2.94. The van der Waals surface area contributed by atoms with Gasteiger partial charge in [0.15, 0.2) is 0 Å². The van der Waals surface area contributed by atoms with Crippen LogP contribution in [0.15, 0.2) is 54.6 Å². The molecule has 1 unspecified atom stereocenters. The summed E-state index contributed by atoms with van der Waals surface area (Å²) in [6.45, 7) is 3.20. The molecule has 0 radical (unpaired) electrons. The van der Waals surface area contributed by atoms with Crippen molar-refractivity contribution >= 4 is 17.5 Å². The Hall–Kier alpha value is -2.66. The molecule has 1 N–H and O–H groups in total. The van der Waals surface area contributed by atoms with E-state index in [1.807, 2.05) is 25.1 Å². The Bertz CT molecular complexity index is 744. The molecule has 1 aliphatic heterocycles. The van der Waals surface area contributed by atoms with E-state index in [-0.39, 0.29) is 18.2 Å². The van der Waals surface area contributed by atoms with Crippen molar-refractivity contribution < 1.29 is 14.3 Å². The number of benzene rings is 2. The molecule has 2 aromatic carbocycles. The number of ether oxygens (including phenoxy) is 1. The van der Waals surface area contributed by atoms with Crippen LogP contribution in [-0.2, 0) is 16.0 Å². The van der Waals surface area contributed by atoms with Crippen LogP contribution in [0.4, 0.5) is 5.69 Å². The summed E-state index contributed by atoms with van der Waals surface area (Å²) in [5.74, 6) is 0.379.